The summed E-state index contributed by atoms with van der Waals surface area (Å²) in [7, 11) is 0. The highest BCUT2D eigenvalue weighted by molar-refractivity contribution is 5.18. The van der Waals surface area contributed by atoms with Crippen LogP contribution in [0.1, 0.15) is 31.2 Å². The molecule has 2 aliphatic carbocycles. The zero-order chi connectivity index (χ0) is 12.5. The van der Waals surface area contributed by atoms with E-state index < -0.39 is 11.6 Å². The molecule has 0 aromatic heterocycles. The molecule has 1 N–H and O–H groups in total. The third-order valence-electron chi connectivity index (χ3n) is 3.98. The summed E-state index contributed by atoms with van der Waals surface area (Å²) in [6.07, 6.45) is 6.10. The van der Waals surface area contributed by atoms with Crippen LogP contribution in [-0.4, -0.2) is 12.6 Å². The van der Waals surface area contributed by atoms with Crippen LogP contribution >= 0.6 is 0 Å². The maximum atomic E-state index is 13.0. The second-order valence-electron chi connectivity index (χ2n) is 5.68. The molecule has 1 aromatic carbocycles. The van der Waals surface area contributed by atoms with Gasteiger partial charge in [0.25, 0.3) is 0 Å². The molecule has 2 fully saturated rings. The van der Waals surface area contributed by atoms with E-state index in [0.29, 0.717) is 12.5 Å². The Morgan fingerprint density at radius 2 is 1.56 bits per heavy atom. The van der Waals surface area contributed by atoms with Crippen molar-refractivity contribution in [2.24, 2.45) is 11.8 Å². The predicted molar refractivity (Wildman–Crippen MR) is 67.3 cm³/mol. The van der Waals surface area contributed by atoms with E-state index in [4.69, 9.17) is 0 Å². The molecule has 2 saturated carbocycles. The lowest BCUT2D eigenvalue weighted by Crippen LogP contribution is -2.34. The van der Waals surface area contributed by atoms with Crippen molar-refractivity contribution in [1.82, 2.24) is 5.32 Å². The minimum atomic E-state index is -0.481. The van der Waals surface area contributed by atoms with E-state index >= 15 is 0 Å². The van der Waals surface area contributed by atoms with Crippen molar-refractivity contribution < 1.29 is 8.78 Å². The summed E-state index contributed by atoms with van der Waals surface area (Å²) in [5.41, 5.74) is 0.741. The van der Waals surface area contributed by atoms with Crippen molar-refractivity contribution in [3.8, 4) is 0 Å². The van der Waals surface area contributed by atoms with Crippen LogP contribution in [0.2, 0.25) is 0 Å². The molecule has 0 heterocycles. The normalized spacial score (nSPS) is 19.5. The fourth-order valence-electron chi connectivity index (χ4n) is 2.77. The lowest BCUT2D eigenvalue weighted by atomic mass is 10.1. The van der Waals surface area contributed by atoms with Crippen LogP contribution in [0.25, 0.3) is 0 Å². The van der Waals surface area contributed by atoms with Crippen LogP contribution in [-0.2, 0) is 6.42 Å². The molecule has 0 unspecified atom stereocenters. The quantitative estimate of drug-likeness (QED) is 0.818. The summed E-state index contributed by atoms with van der Waals surface area (Å²) in [5.74, 6) is 0.764. The fraction of sp³-hybridized carbons (Fsp3) is 0.600. The number of halogens is 2. The monoisotopic (exact) mass is 251 g/mol. The zero-order valence-corrected chi connectivity index (χ0v) is 10.5. The molecule has 18 heavy (non-hydrogen) atoms. The standard InChI is InChI=1S/C15H19F2N/c16-13-7-10(8-14(17)9-13)5-6-18-15(11-1-2-11)12-3-4-12/h7-9,11-12,15,18H,1-6H2. The van der Waals surface area contributed by atoms with Crippen molar-refractivity contribution in [3.63, 3.8) is 0 Å². The van der Waals surface area contributed by atoms with Gasteiger partial charge in [-0.3, -0.25) is 0 Å². The topological polar surface area (TPSA) is 12.0 Å². The summed E-state index contributed by atoms with van der Waals surface area (Å²) in [6, 6.07) is 4.43. The van der Waals surface area contributed by atoms with E-state index in [1.807, 2.05) is 0 Å². The lowest BCUT2D eigenvalue weighted by molar-refractivity contribution is 0.419. The van der Waals surface area contributed by atoms with Gasteiger partial charge in [0.1, 0.15) is 11.6 Å². The van der Waals surface area contributed by atoms with Crippen molar-refractivity contribution in [1.29, 1.82) is 0 Å². The van der Waals surface area contributed by atoms with Crippen LogP contribution in [0, 0.1) is 23.5 Å². The first-order valence-electron chi connectivity index (χ1n) is 6.91. The van der Waals surface area contributed by atoms with E-state index in [1.165, 1.54) is 37.8 Å². The molecule has 1 nitrogen and oxygen atoms in total. The summed E-state index contributed by atoms with van der Waals surface area (Å²) in [6.45, 7) is 0.820. The molecule has 3 rings (SSSR count). The molecule has 0 saturated heterocycles. The summed E-state index contributed by atoms with van der Waals surface area (Å²) >= 11 is 0. The summed E-state index contributed by atoms with van der Waals surface area (Å²) in [5, 5.41) is 3.59. The molecular formula is C15H19F2N. The van der Waals surface area contributed by atoms with Gasteiger partial charge in [-0.2, -0.15) is 0 Å². The Balaban J connectivity index is 1.51. The van der Waals surface area contributed by atoms with Gasteiger partial charge >= 0.3 is 0 Å². The first-order valence-corrected chi connectivity index (χ1v) is 6.91. The molecular weight excluding hydrogens is 232 g/mol. The van der Waals surface area contributed by atoms with Gasteiger partial charge in [0.2, 0.25) is 0 Å². The molecule has 3 heteroatoms. The van der Waals surface area contributed by atoms with E-state index in [0.717, 1.165) is 30.0 Å². The number of rotatable bonds is 6. The molecule has 0 bridgehead atoms. The van der Waals surface area contributed by atoms with Crippen LogP contribution in [0.15, 0.2) is 18.2 Å². The largest absolute Gasteiger partial charge is 0.313 e. The number of benzene rings is 1. The average molecular weight is 251 g/mol. The first kappa shape index (κ1) is 12.1. The van der Waals surface area contributed by atoms with Crippen LogP contribution < -0.4 is 5.32 Å². The second kappa shape index (κ2) is 4.96. The summed E-state index contributed by atoms with van der Waals surface area (Å²) < 4.78 is 26.1. The second-order valence-corrected chi connectivity index (χ2v) is 5.68. The number of nitrogens with one attached hydrogen (secondary N) is 1. The predicted octanol–water partition coefficient (Wildman–Crippen LogP) is 3.29. The van der Waals surface area contributed by atoms with E-state index in [-0.39, 0.29) is 0 Å². The molecule has 98 valence electrons. The molecule has 0 aliphatic heterocycles. The average Bonchev–Trinajstić information content (AvgIpc) is 3.14. The minimum Gasteiger partial charge on any atom is -0.313 e. The molecule has 0 spiro atoms. The van der Waals surface area contributed by atoms with Crippen LogP contribution in [0.3, 0.4) is 0 Å². The molecule has 0 radical (unpaired) electrons. The smallest absolute Gasteiger partial charge is 0.126 e. The van der Waals surface area contributed by atoms with Gasteiger partial charge in [0, 0.05) is 12.1 Å². The Bertz CT molecular complexity index is 392. The molecule has 2 aliphatic rings. The van der Waals surface area contributed by atoms with Gasteiger partial charge in [-0.05, 0) is 68.2 Å². The van der Waals surface area contributed by atoms with Gasteiger partial charge in [-0.15, -0.1) is 0 Å². The SMILES string of the molecule is Fc1cc(F)cc(CCNC(C2CC2)C2CC2)c1. The third-order valence-corrected chi connectivity index (χ3v) is 3.98. The van der Waals surface area contributed by atoms with Crippen molar-refractivity contribution >= 4 is 0 Å². The van der Waals surface area contributed by atoms with E-state index in [1.54, 1.807) is 0 Å². The van der Waals surface area contributed by atoms with Gasteiger partial charge in [0.15, 0.2) is 0 Å². The maximum Gasteiger partial charge on any atom is 0.126 e. The Kier molecular flexibility index (Phi) is 3.33. The van der Waals surface area contributed by atoms with Gasteiger partial charge < -0.3 is 5.32 Å². The van der Waals surface area contributed by atoms with Crippen molar-refractivity contribution in [2.45, 2.75) is 38.1 Å². The number of hydrogen-bond donors (Lipinski definition) is 1. The Morgan fingerprint density at radius 3 is 2.06 bits per heavy atom. The highest BCUT2D eigenvalue weighted by Gasteiger charge is 2.40. The Hall–Kier alpha value is -0.960. The van der Waals surface area contributed by atoms with Crippen LogP contribution in [0.4, 0.5) is 8.78 Å². The van der Waals surface area contributed by atoms with E-state index in [9.17, 15) is 8.78 Å². The van der Waals surface area contributed by atoms with Crippen LogP contribution in [0.5, 0.6) is 0 Å². The molecule has 0 amide bonds. The molecule has 0 atom stereocenters. The minimum absolute atomic E-state index is 0.481. The van der Waals surface area contributed by atoms with Crippen molar-refractivity contribution in [3.05, 3.63) is 35.4 Å². The summed E-state index contributed by atoms with van der Waals surface area (Å²) in [4.78, 5) is 0. The zero-order valence-electron chi connectivity index (χ0n) is 10.5. The Morgan fingerprint density at radius 1 is 1.00 bits per heavy atom. The fourth-order valence-corrected chi connectivity index (χ4v) is 2.77. The highest BCUT2D eigenvalue weighted by Crippen LogP contribution is 2.44. The number of hydrogen-bond acceptors (Lipinski definition) is 1. The maximum absolute atomic E-state index is 13.0. The third kappa shape index (κ3) is 3.08. The first-order chi connectivity index (χ1) is 8.72. The van der Waals surface area contributed by atoms with E-state index in [2.05, 4.69) is 5.32 Å². The van der Waals surface area contributed by atoms with Gasteiger partial charge in [-0.25, -0.2) is 8.78 Å². The van der Waals surface area contributed by atoms with Gasteiger partial charge in [0.05, 0.1) is 0 Å². The highest BCUT2D eigenvalue weighted by atomic mass is 19.1. The lowest BCUT2D eigenvalue weighted by Gasteiger charge is -2.17. The van der Waals surface area contributed by atoms with Crippen molar-refractivity contribution in [2.75, 3.05) is 6.54 Å². The van der Waals surface area contributed by atoms with Gasteiger partial charge in [-0.1, -0.05) is 0 Å². The Labute approximate surface area is 107 Å². The molecule has 1 aromatic rings.